The van der Waals surface area contributed by atoms with Crippen molar-refractivity contribution in [3.8, 4) is 17.1 Å². The van der Waals surface area contributed by atoms with Crippen LogP contribution in [0.15, 0.2) is 58.2 Å². The Morgan fingerprint density at radius 1 is 0.964 bits per heavy atom. The van der Waals surface area contributed by atoms with Gasteiger partial charge in [0.05, 0.1) is 5.69 Å². The van der Waals surface area contributed by atoms with Crippen molar-refractivity contribution in [3.05, 3.63) is 76.1 Å². The maximum Gasteiger partial charge on any atom is 0.196 e. The van der Waals surface area contributed by atoms with E-state index in [0.717, 1.165) is 39.2 Å². The van der Waals surface area contributed by atoms with E-state index in [1.165, 1.54) is 5.56 Å². The number of hydrogen-bond acceptors (Lipinski definition) is 5. The Kier molecular flexibility index (Phi) is 5.24. The highest BCUT2D eigenvalue weighted by atomic mass is 35.5. The Hall–Kier alpha value is -2.57. The molecule has 28 heavy (non-hydrogen) atoms. The maximum atomic E-state index is 6.09. The van der Waals surface area contributed by atoms with Crippen LogP contribution in [0.3, 0.4) is 0 Å². The molecule has 4 aromatic rings. The molecule has 0 bridgehead atoms. The number of hydrogen-bond donors (Lipinski definition) is 0. The normalized spacial score (nSPS) is 11.1. The molecule has 0 atom stereocenters. The number of nitrogens with zero attached hydrogens (tertiary/aromatic N) is 4. The van der Waals surface area contributed by atoms with Gasteiger partial charge in [0.1, 0.15) is 5.76 Å². The van der Waals surface area contributed by atoms with E-state index in [1.807, 2.05) is 38.1 Å². The fourth-order valence-electron chi connectivity index (χ4n) is 2.92. The minimum Gasteiger partial charge on any atom is -0.361 e. The first kappa shape index (κ1) is 18.8. The van der Waals surface area contributed by atoms with E-state index < -0.39 is 0 Å². The molecule has 0 saturated carbocycles. The Bertz CT molecular complexity index is 1080. The molecule has 5 nitrogen and oxygen atoms in total. The zero-order valence-corrected chi connectivity index (χ0v) is 17.4. The average Bonchev–Trinajstić information content (AvgIpc) is 3.25. The Morgan fingerprint density at radius 3 is 2.32 bits per heavy atom. The van der Waals surface area contributed by atoms with Crippen molar-refractivity contribution >= 4 is 23.4 Å². The largest absolute Gasteiger partial charge is 0.361 e. The molecule has 142 valence electrons. The van der Waals surface area contributed by atoms with E-state index >= 15 is 0 Å². The van der Waals surface area contributed by atoms with E-state index in [9.17, 15) is 0 Å². The summed E-state index contributed by atoms with van der Waals surface area (Å²) in [5, 5.41) is 14.5. The van der Waals surface area contributed by atoms with Gasteiger partial charge in [-0.2, -0.15) is 0 Å². The second kappa shape index (κ2) is 7.81. The maximum absolute atomic E-state index is 6.09. The summed E-state index contributed by atoms with van der Waals surface area (Å²) in [6, 6.07) is 16.0. The molecular formula is C21H19ClN4OS. The summed E-state index contributed by atoms with van der Waals surface area (Å²) in [6.07, 6.45) is 0. The highest BCUT2D eigenvalue weighted by molar-refractivity contribution is 7.98. The van der Waals surface area contributed by atoms with Gasteiger partial charge in [-0.3, -0.25) is 4.57 Å². The minimum absolute atomic E-state index is 0.693. The molecule has 0 N–H and O–H groups in total. The molecule has 0 aliphatic rings. The quantitative estimate of drug-likeness (QED) is 0.389. The lowest BCUT2D eigenvalue weighted by Crippen LogP contribution is -2.00. The highest BCUT2D eigenvalue weighted by Crippen LogP contribution is 2.31. The molecule has 0 fully saturated rings. The van der Waals surface area contributed by atoms with Crippen LogP contribution in [0.5, 0.6) is 0 Å². The van der Waals surface area contributed by atoms with Crippen LogP contribution in [0.25, 0.3) is 17.1 Å². The number of thioether (sulfide) groups is 1. The predicted molar refractivity (Wildman–Crippen MR) is 112 cm³/mol. The van der Waals surface area contributed by atoms with Crippen molar-refractivity contribution in [1.82, 2.24) is 19.9 Å². The summed E-state index contributed by atoms with van der Waals surface area (Å²) in [5.74, 6) is 2.34. The van der Waals surface area contributed by atoms with Crippen LogP contribution in [-0.2, 0) is 5.75 Å². The Morgan fingerprint density at radius 2 is 1.68 bits per heavy atom. The third-order valence-electron chi connectivity index (χ3n) is 4.55. The summed E-state index contributed by atoms with van der Waals surface area (Å²) < 4.78 is 7.34. The van der Waals surface area contributed by atoms with Gasteiger partial charge >= 0.3 is 0 Å². The van der Waals surface area contributed by atoms with Gasteiger partial charge < -0.3 is 4.52 Å². The highest BCUT2D eigenvalue weighted by Gasteiger charge is 2.18. The van der Waals surface area contributed by atoms with Crippen molar-refractivity contribution in [1.29, 1.82) is 0 Å². The van der Waals surface area contributed by atoms with Gasteiger partial charge in [0.2, 0.25) is 0 Å². The van der Waals surface area contributed by atoms with Gasteiger partial charge in [-0.25, -0.2) is 0 Å². The summed E-state index contributed by atoms with van der Waals surface area (Å²) >= 11 is 7.69. The lowest BCUT2D eigenvalue weighted by molar-refractivity contribution is 0.392. The van der Waals surface area contributed by atoms with Crippen molar-refractivity contribution in [2.24, 2.45) is 0 Å². The molecule has 4 rings (SSSR count). The fourth-order valence-corrected chi connectivity index (χ4v) is 4.15. The van der Waals surface area contributed by atoms with Crippen molar-refractivity contribution in [3.63, 3.8) is 0 Å². The number of benzene rings is 2. The lowest BCUT2D eigenvalue weighted by Gasteiger charge is -2.11. The first-order chi connectivity index (χ1) is 13.5. The van der Waals surface area contributed by atoms with Crippen LogP contribution in [-0.4, -0.2) is 19.9 Å². The first-order valence-corrected chi connectivity index (χ1v) is 10.2. The van der Waals surface area contributed by atoms with Crippen molar-refractivity contribution in [2.45, 2.75) is 31.7 Å². The van der Waals surface area contributed by atoms with Crippen molar-refractivity contribution in [2.75, 3.05) is 0 Å². The van der Waals surface area contributed by atoms with Gasteiger partial charge in [-0.15, -0.1) is 10.2 Å². The second-order valence-corrected chi connectivity index (χ2v) is 7.95. The van der Waals surface area contributed by atoms with E-state index in [4.69, 9.17) is 16.1 Å². The topological polar surface area (TPSA) is 56.7 Å². The zero-order valence-electron chi connectivity index (χ0n) is 15.8. The molecular weight excluding hydrogens is 392 g/mol. The molecule has 0 unspecified atom stereocenters. The number of aromatic nitrogens is 4. The average molecular weight is 411 g/mol. The van der Waals surface area contributed by atoms with Crippen LogP contribution in [0.4, 0.5) is 0 Å². The van der Waals surface area contributed by atoms with E-state index in [0.29, 0.717) is 10.8 Å². The van der Waals surface area contributed by atoms with Gasteiger partial charge in [-0.1, -0.05) is 58.3 Å². The Balaban J connectivity index is 1.75. The van der Waals surface area contributed by atoms with Crippen LogP contribution in [0.2, 0.25) is 5.02 Å². The molecule has 0 aliphatic carbocycles. The summed E-state index contributed by atoms with van der Waals surface area (Å²) in [6.45, 7) is 5.95. The molecule has 0 aliphatic heterocycles. The third-order valence-corrected chi connectivity index (χ3v) is 5.76. The van der Waals surface area contributed by atoms with Crippen LogP contribution < -0.4 is 0 Å². The predicted octanol–water partition coefficient (Wildman–Crippen LogP) is 5.79. The number of aryl methyl sites for hydroxylation is 3. The second-order valence-electron chi connectivity index (χ2n) is 6.58. The van der Waals surface area contributed by atoms with Crippen LogP contribution in [0.1, 0.15) is 22.6 Å². The van der Waals surface area contributed by atoms with Gasteiger partial charge in [0.25, 0.3) is 0 Å². The smallest absolute Gasteiger partial charge is 0.196 e. The molecule has 2 aromatic heterocycles. The monoisotopic (exact) mass is 410 g/mol. The SMILES string of the molecule is Cc1ccc(-c2nnc(SCc3c(C)noc3C)n2-c2ccc(Cl)cc2)cc1. The van der Waals surface area contributed by atoms with E-state index in [-0.39, 0.29) is 0 Å². The number of halogens is 1. The molecule has 0 radical (unpaired) electrons. The summed E-state index contributed by atoms with van der Waals surface area (Å²) in [7, 11) is 0. The molecule has 2 heterocycles. The zero-order chi connectivity index (χ0) is 19.7. The van der Waals surface area contributed by atoms with Gasteiger partial charge in [0, 0.05) is 27.6 Å². The Labute approximate surface area is 172 Å². The number of rotatable bonds is 5. The first-order valence-electron chi connectivity index (χ1n) is 8.86. The molecule has 0 amide bonds. The standard InChI is InChI=1S/C21H19ClN4OS/c1-13-4-6-16(7-5-13)20-23-24-21(26(20)18-10-8-17(22)9-11-18)28-12-19-14(2)25-27-15(19)3/h4-11H,12H2,1-3H3. The van der Waals surface area contributed by atoms with Crippen LogP contribution in [0, 0.1) is 20.8 Å². The van der Waals surface area contributed by atoms with Crippen LogP contribution >= 0.6 is 23.4 Å². The minimum atomic E-state index is 0.693. The summed E-state index contributed by atoms with van der Waals surface area (Å²) in [5.41, 5.74) is 5.17. The van der Waals surface area contributed by atoms with Gasteiger partial charge in [0.15, 0.2) is 11.0 Å². The summed E-state index contributed by atoms with van der Waals surface area (Å²) in [4.78, 5) is 0. The molecule has 2 aromatic carbocycles. The van der Waals surface area contributed by atoms with E-state index in [2.05, 4.69) is 51.1 Å². The molecule has 0 saturated heterocycles. The molecule has 7 heteroatoms. The third kappa shape index (κ3) is 3.70. The molecule has 0 spiro atoms. The fraction of sp³-hybridized carbons (Fsp3) is 0.190. The lowest BCUT2D eigenvalue weighted by atomic mass is 10.1. The van der Waals surface area contributed by atoms with Crippen molar-refractivity contribution < 1.29 is 4.52 Å². The van der Waals surface area contributed by atoms with Gasteiger partial charge in [-0.05, 0) is 45.0 Å². The van der Waals surface area contributed by atoms with E-state index in [1.54, 1.807) is 11.8 Å².